The van der Waals surface area contributed by atoms with Gasteiger partial charge in [0, 0.05) is 27.6 Å². The molecule has 0 radical (unpaired) electrons. The van der Waals surface area contributed by atoms with Crippen molar-refractivity contribution in [2.24, 2.45) is 5.10 Å². The van der Waals surface area contributed by atoms with E-state index in [2.05, 4.69) is 0 Å². The average molecular weight is 413 g/mol. The van der Waals surface area contributed by atoms with Crippen LogP contribution in [-0.2, 0) is 0 Å². The SMILES string of the molecule is Fc1ccc(C2=NN3[C@H](C2)c2cc(Cl)ccc2O[C@H]3c2cccc(Cl)c2)cc1. The predicted octanol–water partition coefficient (Wildman–Crippen LogP) is 6.37. The molecule has 2 aliphatic heterocycles. The molecule has 140 valence electrons. The Bertz CT molecular complexity index is 1080. The molecule has 5 rings (SSSR count). The molecule has 2 atom stereocenters. The fraction of sp³-hybridized carbons (Fsp3) is 0.136. The van der Waals surface area contributed by atoms with E-state index in [-0.39, 0.29) is 11.9 Å². The number of rotatable bonds is 2. The maximum absolute atomic E-state index is 13.3. The van der Waals surface area contributed by atoms with Crippen LogP contribution < -0.4 is 4.74 Å². The van der Waals surface area contributed by atoms with Crippen LogP contribution in [0, 0.1) is 5.82 Å². The van der Waals surface area contributed by atoms with Gasteiger partial charge in [0.25, 0.3) is 0 Å². The summed E-state index contributed by atoms with van der Waals surface area (Å²) in [5.41, 5.74) is 3.69. The number of ether oxygens (including phenoxy) is 1. The Morgan fingerprint density at radius 2 is 1.75 bits per heavy atom. The van der Waals surface area contributed by atoms with Crippen LogP contribution in [0.3, 0.4) is 0 Å². The Hall–Kier alpha value is -2.56. The third-order valence-electron chi connectivity index (χ3n) is 5.06. The monoisotopic (exact) mass is 412 g/mol. The van der Waals surface area contributed by atoms with Gasteiger partial charge in [-0.2, -0.15) is 5.10 Å². The molecule has 0 saturated heterocycles. The van der Waals surface area contributed by atoms with Gasteiger partial charge in [-0.05, 0) is 48.0 Å². The first-order valence-electron chi connectivity index (χ1n) is 8.92. The summed E-state index contributed by atoms with van der Waals surface area (Å²) in [5, 5.41) is 8.08. The fourth-order valence-corrected chi connectivity index (χ4v) is 4.13. The summed E-state index contributed by atoms with van der Waals surface area (Å²) in [6.45, 7) is 0. The number of nitrogens with zero attached hydrogens (tertiary/aromatic N) is 2. The van der Waals surface area contributed by atoms with Gasteiger partial charge in [0.2, 0.25) is 6.23 Å². The first kappa shape index (κ1) is 17.5. The Balaban J connectivity index is 1.61. The molecule has 0 fully saturated rings. The molecule has 0 aromatic heterocycles. The van der Waals surface area contributed by atoms with Crippen molar-refractivity contribution in [3.63, 3.8) is 0 Å². The second-order valence-corrected chi connectivity index (χ2v) is 7.73. The molecule has 0 unspecified atom stereocenters. The molecule has 3 aromatic rings. The summed E-state index contributed by atoms with van der Waals surface area (Å²) in [5.74, 6) is 0.517. The van der Waals surface area contributed by atoms with Crippen LogP contribution in [0.15, 0.2) is 71.8 Å². The highest BCUT2D eigenvalue weighted by Crippen LogP contribution is 2.48. The van der Waals surface area contributed by atoms with Crippen molar-refractivity contribution in [1.29, 1.82) is 0 Å². The number of fused-ring (bicyclic) bond motifs is 3. The van der Waals surface area contributed by atoms with Crippen LogP contribution in [0.1, 0.15) is 35.4 Å². The molecule has 3 aromatic carbocycles. The third-order valence-corrected chi connectivity index (χ3v) is 5.53. The van der Waals surface area contributed by atoms with Gasteiger partial charge in [-0.3, -0.25) is 0 Å². The van der Waals surface area contributed by atoms with Crippen LogP contribution in [0.25, 0.3) is 0 Å². The molecule has 0 aliphatic carbocycles. The molecule has 0 N–H and O–H groups in total. The van der Waals surface area contributed by atoms with Gasteiger partial charge in [-0.1, -0.05) is 47.5 Å². The van der Waals surface area contributed by atoms with E-state index in [0.717, 1.165) is 28.2 Å². The Kier molecular flexibility index (Phi) is 4.26. The molecule has 2 heterocycles. The van der Waals surface area contributed by atoms with E-state index in [4.69, 9.17) is 33.0 Å². The Morgan fingerprint density at radius 3 is 2.54 bits per heavy atom. The fourth-order valence-electron chi connectivity index (χ4n) is 3.76. The lowest BCUT2D eigenvalue weighted by atomic mass is 9.96. The van der Waals surface area contributed by atoms with Gasteiger partial charge < -0.3 is 4.74 Å². The quantitative estimate of drug-likeness (QED) is 0.487. The number of hydrazone groups is 1. The topological polar surface area (TPSA) is 24.8 Å². The summed E-state index contributed by atoms with van der Waals surface area (Å²) in [7, 11) is 0. The molecular formula is C22H15Cl2FN2O. The second kappa shape index (κ2) is 6.80. The van der Waals surface area contributed by atoms with E-state index in [1.807, 2.05) is 47.5 Å². The lowest BCUT2D eigenvalue weighted by Gasteiger charge is -2.38. The van der Waals surface area contributed by atoms with Gasteiger partial charge in [-0.25, -0.2) is 9.40 Å². The van der Waals surface area contributed by atoms with E-state index < -0.39 is 6.23 Å². The van der Waals surface area contributed by atoms with Crippen molar-refractivity contribution in [1.82, 2.24) is 5.01 Å². The minimum absolute atomic E-state index is 0.0218. The molecule has 6 heteroatoms. The Morgan fingerprint density at radius 1 is 0.964 bits per heavy atom. The normalized spacial score (nSPS) is 20.2. The zero-order valence-corrected chi connectivity index (χ0v) is 16.2. The predicted molar refractivity (Wildman–Crippen MR) is 108 cm³/mol. The Labute approximate surface area is 172 Å². The van der Waals surface area contributed by atoms with Crippen LogP contribution >= 0.6 is 23.2 Å². The van der Waals surface area contributed by atoms with Crippen molar-refractivity contribution in [3.8, 4) is 5.75 Å². The minimum atomic E-state index is -0.407. The maximum atomic E-state index is 13.3. The molecule has 28 heavy (non-hydrogen) atoms. The number of halogens is 3. The van der Waals surface area contributed by atoms with Gasteiger partial charge >= 0.3 is 0 Å². The minimum Gasteiger partial charge on any atom is -0.464 e. The highest BCUT2D eigenvalue weighted by atomic mass is 35.5. The van der Waals surface area contributed by atoms with Crippen LogP contribution in [-0.4, -0.2) is 10.7 Å². The number of hydrogen-bond donors (Lipinski definition) is 0. The zero-order chi connectivity index (χ0) is 19.3. The maximum Gasteiger partial charge on any atom is 0.213 e. The zero-order valence-electron chi connectivity index (χ0n) is 14.6. The van der Waals surface area contributed by atoms with E-state index >= 15 is 0 Å². The van der Waals surface area contributed by atoms with Crippen molar-refractivity contribution in [2.45, 2.75) is 18.7 Å². The third kappa shape index (κ3) is 3.03. The van der Waals surface area contributed by atoms with Crippen LogP contribution in [0.5, 0.6) is 5.75 Å². The molecule has 0 amide bonds. The van der Waals surface area contributed by atoms with Crippen LogP contribution in [0.4, 0.5) is 4.39 Å². The summed E-state index contributed by atoms with van der Waals surface area (Å²) in [6.07, 6.45) is 0.273. The average Bonchev–Trinajstić information content (AvgIpc) is 3.14. The standard InChI is InChI=1S/C22H15Cl2FN2O/c23-15-3-1-2-14(10-15)22-27-20(18-11-16(24)6-9-21(18)28-22)12-19(26-27)13-4-7-17(25)8-5-13/h1-11,20,22H,12H2/t20-,22+/m1/s1. The summed E-state index contributed by atoms with van der Waals surface area (Å²) >= 11 is 12.4. The van der Waals surface area contributed by atoms with Gasteiger partial charge in [-0.15, -0.1) is 0 Å². The van der Waals surface area contributed by atoms with Gasteiger partial charge in [0.15, 0.2) is 0 Å². The van der Waals surface area contributed by atoms with E-state index in [1.54, 1.807) is 12.1 Å². The summed E-state index contributed by atoms with van der Waals surface area (Å²) in [6, 6.07) is 19.6. The summed E-state index contributed by atoms with van der Waals surface area (Å²) in [4.78, 5) is 0. The first-order chi connectivity index (χ1) is 13.6. The van der Waals surface area contributed by atoms with E-state index in [1.165, 1.54) is 12.1 Å². The largest absolute Gasteiger partial charge is 0.464 e. The van der Waals surface area contributed by atoms with Gasteiger partial charge in [0.1, 0.15) is 11.6 Å². The molecular weight excluding hydrogens is 398 g/mol. The molecule has 0 bridgehead atoms. The van der Waals surface area contributed by atoms with Gasteiger partial charge in [0.05, 0.1) is 11.8 Å². The second-order valence-electron chi connectivity index (χ2n) is 6.86. The van der Waals surface area contributed by atoms with Crippen molar-refractivity contribution < 1.29 is 9.13 Å². The van der Waals surface area contributed by atoms with E-state index in [0.29, 0.717) is 16.5 Å². The van der Waals surface area contributed by atoms with Crippen molar-refractivity contribution in [2.75, 3.05) is 0 Å². The van der Waals surface area contributed by atoms with Crippen LogP contribution in [0.2, 0.25) is 10.0 Å². The number of hydrogen-bond acceptors (Lipinski definition) is 3. The van der Waals surface area contributed by atoms with Crippen molar-refractivity contribution in [3.05, 3.63) is 99.3 Å². The lowest BCUT2D eigenvalue weighted by molar-refractivity contribution is -0.0190. The summed E-state index contributed by atoms with van der Waals surface area (Å²) < 4.78 is 19.6. The molecule has 2 aliphatic rings. The highest BCUT2D eigenvalue weighted by molar-refractivity contribution is 6.31. The smallest absolute Gasteiger partial charge is 0.213 e. The molecule has 0 spiro atoms. The highest BCUT2D eigenvalue weighted by Gasteiger charge is 2.41. The van der Waals surface area contributed by atoms with Crippen molar-refractivity contribution >= 4 is 28.9 Å². The lowest BCUT2D eigenvalue weighted by Crippen LogP contribution is -2.33. The van der Waals surface area contributed by atoms with E-state index in [9.17, 15) is 4.39 Å². The first-order valence-corrected chi connectivity index (χ1v) is 9.67. The molecule has 0 saturated carbocycles. The number of benzene rings is 3. The molecule has 3 nitrogen and oxygen atoms in total.